The second-order valence-corrected chi connectivity index (χ2v) is 5.27. The standard InChI is InChI=1S/C14H19ClN2O4/c1-9(8-18)17-14(19)16-7-10-5-11(15)13-12(6-10)20-3-2-4-21-13/h5-6,9,18H,2-4,7-8H2,1H3,(H2,16,17,19). The summed E-state index contributed by atoms with van der Waals surface area (Å²) >= 11 is 6.18. The molecule has 1 aliphatic heterocycles. The van der Waals surface area contributed by atoms with Gasteiger partial charge in [0.15, 0.2) is 11.5 Å². The van der Waals surface area contributed by atoms with Crippen molar-refractivity contribution >= 4 is 17.6 Å². The Kier molecular flexibility index (Phi) is 5.52. The SMILES string of the molecule is CC(CO)NC(=O)NCc1cc(Cl)c2c(c1)OCCCO2. The minimum absolute atomic E-state index is 0.108. The Balaban J connectivity index is 1.99. The molecule has 116 valence electrons. The van der Waals surface area contributed by atoms with Gasteiger partial charge in [0.05, 0.1) is 30.9 Å². The van der Waals surface area contributed by atoms with Crippen LogP contribution in [-0.2, 0) is 6.54 Å². The second-order valence-electron chi connectivity index (χ2n) is 4.87. The molecule has 1 atom stereocenters. The number of rotatable bonds is 4. The van der Waals surface area contributed by atoms with E-state index in [0.29, 0.717) is 36.3 Å². The van der Waals surface area contributed by atoms with Gasteiger partial charge in [-0.15, -0.1) is 0 Å². The molecule has 0 bridgehead atoms. The van der Waals surface area contributed by atoms with Crippen molar-refractivity contribution in [2.75, 3.05) is 19.8 Å². The third kappa shape index (κ3) is 4.41. The molecule has 0 saturated carbocycles. The quantitative estimate of drug-likeness (QED) is 0.790. The lowest BCUT2D eigenvalue weighted by Crippen LogP contribution is -2.41. The van der Waals surface area contributed by atoms with Crippen molar-refractivity contribution in [2.45, 2.75) is 25.9 Å². The van der Waals surface area contributed by atoms with Gasteiger partial charge in [0.1, 0.15) is 0 Å². The summed E-state index contributed by atoms with van der Waals surface area (Å²) in [5.41, 5.74) is 0.816. The monoisotopic (exact) mass is 314 g/mol. The molecular weight excluding hydrogens is 296 g/mol. The number of amides is 2. The summed E-state index contributed by atoms with van der Waals surface area (Å²) in [6.45, 7) is 3.06. The lowest BCUT2D eigenvalue weighted by Gasteiger charge is -2.14. The number of aliphatic hydroxyl groups is 1. The summed E-state index contributed by atoms with van der Waals surface area (Å²) in [5, 5.41) is 14.6. The van der Waals surface area contributed by atoms with Gasteiger partial charge in [-0.1, -0.05) is 11.6 Å². The van der Waals surface area contributed by atoms with Crippen molar-refractivity contribution in [3.8, 4) is 11.5 Å². The van der Waals surface area contributed by atoms with Crippen LogP contribution in [0.2, 0.25) is 5.02 Å². The normalized spacial score (nSPS) is 15.0. The molecule has 2 amide bonds. The number of urea groups is 1. The first-order valence-corrected chi connectivity index (χ1v) is 7.21. The van der Waals surface area contributed by atoms with Crippen LogP contribution in [0.25, 0.3) is 0 Å². The van der Waals surface area contributed by atoms with Gasteiger partial charge in [-0.25, -0.2) is 4.79 Å². The first-order valence-electron chi connectivity index (χ1n) is 6.83. The number of ether oxygens (including phenoxy) is 2. The fraction of sp³-hybridized carbons (Fsp3) is 0.500. The molecule has 21 heavy (non-hydrogen) atoms. The number of hydrogen-bond donors (Lipinski definition) is 3. The summed E-state index contributed by atoms with van der Waals surface area (Å²) in [6.07, 6.45) is 0.806. The van der Waals surface area contributed by atoms with Gasteiger partial charge >= 0.3 is 6.03 Å². The van der Waals surface area contributed by atoms with Crippen molar-refractivity contribution in [1.82, 2.24) is 10.6 Å². The molecule has 0 aromatic heterocycles. The molecule has 1 heterocycles. The van der Waals surface area contributed by atoms with Crippen LogP contribution in [0.5, 0.6) is 11.5 Å². The van der Waals surface area contributed by atoms with Gasteiger partial charge in [0.25, 0.3) is 0 Å². The largest absolute Gasteiger partial charge is 0.489 e. The molecule has 6 nitrogen and oxygen atoms in total. The first-order chi connectivity index (χ1) is 10.1. The van der Waals surface area contributed by atoms with Crippen molar-refractivity contribution in [1.29, 1.82) is 0 Å². The summed E-state index contributed by atoms with van der Waals surface area (Å²) < 4.78 is 11.1. The average Bonchev–Trinajstić information content (AvgIpc) is 2.70. The van der Waals surface area contributed by atoms with E-state index in [1.807, 2.05) is 6.07 Å². The fourth-order valence-corrected chi connectivity index (χ4v) is 2.18. The maximum absolute atomic E-state index is 11.6. The number of carbonyl (C=O) groups is 1. The summed E-state index contributed by atoms with van der Waals surface area (Å²) in [5.74, 6) is 1.15. The summed E-state index contributed by atoms with van der Waals surface area (Å²) in [7, 11) is 0. The zero-order chi connectivity index (χ0) is 15.2. The van der Waals surface area contributed by atoms with Crippen LogP contribution in [-0.4, -0.2) is 37.0 Å². The molecule has 0 aliphatic carbocycles. The van der Waals surface area contributed by atoms with Gasteiger partial charge in [-0.3, -0.25) is 0 Å². The van der Waals surface area contributed by atoms with Crippen LogP contribution in [0.15, 0.2) is 12.1 Å². The highest BCUT2D eigenvalue weighted by Gasteiger charge is 2.16. The van der Waals surface area contributed by atoms with E-state index in [0.717, 1.165) is 12.0 Å². The molecular formula is C14H19ClN2O4. The van der Waals surface area contributed by atoms with E-state index in [1.54, 1.807) is 13.0 Å². The summed E-state index contributed by atoms with van der Waals surface area (Å²) in [4.78, 5) is 11.6. The number of carbonyl (C=O) groups excluding carboxylic acids is 1. The van der Waals surface area contributed by atoms with Gasteiger partial charge in [0.2, 0.25) is 0 Å². The molecule has 0 spiro atoms. The Morgan fingerprint density at radius 2 is 2.19 bits per heavy atom. The van der Waals surface area contributed by atoms with Gasteiger partial charge in [-0.2, -0.15) is 0 Å². The predicted octanol–water partition coefficient (Wildman–Crippen LogP) is 1.68. The Labute approximate surface area is 128 Å². The molecule has 1 aromatic carbocycles. The maximum Gasteiger partial charge on any atom is 0.315 e. The Bertz CT molecular complexity index is 510. The molecule has 0 radical (unpaired) electrons. The van der Waals surface area contributed by atoms with E-state index in [2.05, 4.69) is 10.6 Å². The van der Waals surface area contributed by atoms with Crippen LogP contribution < -0.4 is 20.1 Å². The van der Waals surface area contributed by atoms with Crippen LogP contribution in [0.3, 0.4) is 0 Å². The van der Waals surface area contributed by atoms with Crippen molar-refractivity contribution in [2.24, 2.45) is 0 Å². The Morgan fingerprint density at radius 3 is 2.95 bits per heavy atom. The fourth-order valence-electron chi connectivity index (χ4n) is 1.89. The van der Waals surface area contributed by atoms with Crippen molar-refractivity contribution in [3.05, 3.63) is 22.7 Å². The highest BCUT2D eigenvalue weighted by Crippen LogP contribution is 2.37. The minimum Gasteiger partial charge on any atom is -0.489 e. The average molecular weight is 315 g/mol. The van der Waals surface area contributed by atoms with Gasteiger partial charge < -0.3 is 25.2 Å². The number of aliphatic hydroxyl groups excluding tert-OH is 1. The number of fused-ring (bicyclic) bond motifs is 1. The lowest BCUT2D eigenvalue weighted by atomic mass is 10.2. The smallest absolute Gasteiger partial charge is 0.315 e. The molecule has 1 aromatic rings. The number of halogens is 1. The van der Waals surface area contributed by atoms with Crippen LogP contribution in [0.1, 0.15) is 18.9 Å². The van der Waals surface area contributed by atoms with E-state index in [4.69, 9.17) is 26.2 Å². The van der Waals surface area contributed by atoms with Crippen LogP contribution >= 0.6 is 11.6 Å². The van der Waals surface area contributed by atoms with Crippen LogP contribution in [0.4, 0.5) is 4.79 Å². The number of hydrogen-bond acceptors (Lipinski definition) is 4. The highest BCUT2D eigenvalue weighted by atomic mass is 35.5. The maximum atomic E-state index is 11.6. The molecule has 3 N–H and O–H groups in total. The number of nitrogens with one attached hydrogen (secondary N) is 2. The topological polar surface area (TPSA) is 79.8 Å². The van der Waals surface area contributed by atoms with Crippen molar-refractivity contribution < 1.29 is 19.4 Å². The number of benzene rings is 1. The summed E-state index contributed by atoms with van der Waals surface area (Å²) in [6, 6.07) is 2.91. The Hall–Kier alpha value is -1.66. The van der Waals surface area contributed by atoms with Crippen molar-refractivity contribution in [3.63, 3.8) is 0 Å². The minimum atomic E-state index is -0.347. The van der Waals surface area contributed by atoms with Crippen LogP contribution in [0, 0.1) is 0 Å². The van der Waals surface area contributed by atoms with E-state index < -0.39 is 0 Å². The van der Waals surface area contributed by atoms with Gasteiger partial charge in [0, 0.05) is 13.0 Å². The van der Waals surface area contributed by atoms with Gasteiger partial charge in [-0.05, 0) is 24.6 Å². The lowest BCUT2D eigenvalue weighted by molar-refractivity contribution is 0.220. The highest BCUT2D eigenvalue weighted by molar-refractivity contribution is 6.32. The van der Waals surface area contributed by atoms with E-state index in [-0.39, 0.29) is 18.7 Å². The molecule has 0 fully saturated rings. The zero-order valence-electron chi connectivity index (χ0n) is 11.8. The molecule has 1 aliphatic rings. The van der Waals surface area contributed by atoms with E-state index in [9.17, 15) is 4.79 Å². The van der Waals surface area contributed by atoms with E-state index >= 15 is 0 Å². The zero-order valence-corrected chi connectivity index (χ0v) is 12.6. The molecule has 2 rings (SSSR count). The molecule has 1 unspecified atom stereocenters. The molecule has 0 saturated heterocycles. The third-order valence-corrected chi connectivity index (χ3v) is 3.25. The van der Waals surface area contributed by atoms with E-state index in [1.165, 1.54) is 0 Å². The predicted molar refractivity (Wildman–Crippen MR) is 79.0 cm³/mol. The third-order valence-electron chi connectivity index (χ3n) is 2.97. The first kappa shape index (κ1) is 15.7. The Morgan fingerprint density at radius 1 is 1.43 bits per heavy atom. The second kappa shape index (κ2) is 7.38. The molecule has 7 heteroatoms.